The minimum atomic E-state index is 0.635. The summed E-state index contributed by atoms with van der Waals surface area (Å²) in [6, 6.07) is 21.8. The highest BCUT2D eigenvalue weighted by Gasteiger charge is 2.34. The third-order valence-corrected chi connectivity index (χ3v) is 6.43. The molecule has 4 rings (SSSR count). The number of hydrogen-bond donors (Lipinski definition) is 0. The summed E-state index contributed by atoms with van der Waals surface area (Å²) in [5.41, 5.74) is 7.76. The molecular weight excluding hydrogens is 338 g/mol. The van der Waals surface area contributed by atoms with Crippen LogP contribution < -0.4 is 0 Å². The minimum Gasteiger partial charge on any atom is -0.256 e. The molecule has 1 aliphatic rings. The van der Waals surface area contributed by atoms with Crippen molar-refractivity contribution in [1.82, 2.24) is 4.98 Å². The van der Waals surface area contributed by atoms with E-state index in [1.165, 1.54) is 53.5 Å². The fraction of sp³-hybridized carbons (Fsp3) is 0.370. The number of aryl methyl sites for hydroxylation is 1. The van der Waals surface area contributed by atoms with Crippen LogP contribution in [0.1, 0.15) is 56.6 Å². The molecule has 1 saturated carbocycles. The molecule has 3 aromatic rings. The molecule has 144 valence electrons. The topological polar surface area (TPSA) is 12.9 Å². The Labute approximate surface area is 169 Å². The van der Waals surface area contributed by atoms with E-state index in [-0.39, 0.29) is 0 Å². The lowest BCUT2D eigenvalue weighted by atomic mass is 9.82. The second-order valence-electron chi connectivity index (χ2n) is 8.57. The first-order valence-electron chi connectivity index (χ1n) is 10.8. The molecule has 1 heterocycles. The van der Waals surface area contributed by atoms with Crippen molar-refractivity contribution in [2.45, 2.75) is 52.4 Å². The van der Waals surface area contributed by atoms with Crippen LogP contribution in [0.5, 0.6) is 0 Å². The highest BCUT2D eigenvalue weighted by molar-refractivity contribution is 5.72. The molecule has 0 N–H and O–H groups in total. The lowest BCUT2D eigenvalue weighted by Crippen LogP contribution is -2.08. The van der Waals surface area contributed by atoms with Crippen molar-refractivity contribution < 1.29 is 0 Å². The van der Waals surface area contributed by atoms with E-state index in [0.717, 1.165) is 17.5 Å². The molecular formula is C27H31N. The third-order valence-electron chi connectivity index (χ3n) is 6.43. The number of hydrogen-bond acceptors (Lipinski definition) is 1. The standard InChI is InChI=1S/C27H31N/c1-4-10-22-15-19(2)16-24(22)25-17-27(23-14-9-8-11-20(23)3)28-18-26(25)21-12-6-5-7-13-21/h5-9,11-14,17-19,22,24H,4,10,15-16H2,1-3H3. The second kappa shape index (κ2) is 8.31. The number of nitrogens with zero attached hydrogens (tertiary/aromatic N) is 1. The molecule has 0 bridgehead atoms. The first kappa shape index (κ1) is 18.9. The Kier molecular flexibility index (Phi) is 5.62. The number of benzene rings is 2. The van der Waals surface area contributed by atoms with Gasteiger partial charge >= 0.3 is 0 Å². The van der Waals surface area contributed by atoms with Crippen molar-refractivity contribution in [2.24, 2.45) is 11.8 Å². The quantitative estimate of drug-likeness (QED) is 0.450. The van der Waals surface area contributed by atoms with Crippen LogP contribution in [-0.4, -0.2) is 4.98 Å². The fourth-order valence-electron chi connectivity index (χ4n) is 5.12. The van der Waals surface area contributed by atoms with Gasteiger partial charge in [0.25, 0.3) is 0 Å². The maximum atomic E-state index is 4.91. The van der Waals surface area contributed by atoms with Gasteiger partial charge in [-0.25, -0.2) is 0 Å². The molecule has 1 nitrogen and oxygen atoms in total. The van der Waals surface area contributed by atoms with Gasteiger partial charge in [0.15, 0.2) is 0 Å². The normalized spacial score (nSPS) is 21.8. The summed E-state index contributed by atoms with van der Waals surface area (Å²) in [6.45, 7) is 6.93. The summed E-state index contributed by atoms with van der Waals surface area (Å²) in [4.78, 5) is 4.91. The van der Waals surface area contributed by atoms with E-state index in [0.29, 0.717) is 5.92 Å². The van der Waals surface area contributed by atoms with Crippen molar-refractivity contribution in [2.75, 3.05) is 0 Å². The molecule has 1 fully saturated rings. The summed E-state index contributed by atoms with van der Waals surface area (Å²) in [5.74, 6) is 2.23. The van der Waals surface area contributed by atoms with Gasteiger partial charge in [-0.2, -0.15) is 0 Å². The van der Waals surface area contributed by atoms with E-state index >= 15 is 0 Å². The smallest absolute Gasteiger partial charge is 0.0707 e. The van der Waals surface area contributed by atoms with Crippen molar-refractivity contribution in [3.05, 3.63) is 78.0 Å². The number of pyridine rings is 1. The van der Waals surface area contributed by atoms with E-state index in [2.05, 4.69) is 87.6 Å². The van der Waals surface area contributed by atoms with E-state index in [1.807, 2.05) is 0 Å². The van der Waals surface area contributed by atoms with Crippen LogP contribution >= 0.6 is 0 Å². The Morgan fingerprint density at radius 3 is 2.43 bits per heavy atom. The summed E-state index contributed by atoms with van der Waals surface area (Å²) in [6.07, 6.45) is 7.37. The maximum absolute atomic E-state index is 4.91. The zero-order valence-electron chi connectivity index (χ0n) is 17.4. The first-order chi connectivity index (χ1) is 13.7. The summed E-state index contributed by atoms with van der Waals surface area (Å²) in [7, 11) is 0. The Morgan fingerprint density at radius 2 is 1.68 bits per heavy atom. The maximum Gasteiger partial charge on any atom is 0.0707 e. The van der Waals surface area contributed by atoms with Gasteiger partial charge in [0.2, 0.25) is 0 Å². The van der Waals surface area contributed by atoms with Crippen LogP contribution in [-0.2, 0) is 0 Å². The lowest BCUT2D eigenvalue weighted by Gasteiger charge is -2.23. The van der Waals surface area contributed by atoms with Crippen molar-refractivity contribution in [3.63, 3.8) is 0 Å². The molecule has 0 aliphatic heterocycles. The molecule has 3 unspecified atom stereocenters. The summed E-state index contributed by atoms with van der Waals surface area (Å²) < 4.78 is 0. The predicted octanol–water partition coefficient (Wildman–Crippen LogP) is 7.65. The molecule has 0 spiro atoms. The van der Waals surface area contributed by atoms with E-state index in [1.54, 1.807) is 0 Å². The second-order valence-corrected chi connectivity index (χ2v) is 8.57. The van der Waals surface area contributed by atoms with Crippen LogP contribution in [0.15, 0.2) is 66.9 Å². The Morgan fingerprint density at radius 1 is 0.929 bits per heavy atom. The van der Waals surface area contributed by atoms with Crippen LogP contribution in [0.3, 0.4) is 0 Å². The van der Waals surface area contributed by atoms with Crippen molar-refractivity contribution >= 4 is 0 Å². The Bertz CT molecular complexity index is 928. The van der Waals surface area contributed by atoms with E-state index in [4.69, 9.17) is 4.98 Å². The van der Waals surface area contributed by atoms with Gasteiger partial charge in [0, 0.05) is 17.3 Å². The van der Waals surface area contributed by atoms with Crippen LogP contribution in [0.2, 0.25) is 0 Å². The van der Waals surface area contributed by atoms with Gasteiger partial charge in [0.1, 0.15) is 0 Å². The zero-order valence-corrected chi connectivity index (χ0v) is 17.4. The van der Waals surface area contributed by atoms with Crippen LogP contribution in [0, 0.1) is 18.8 Å². The van der Waals surface area contributed by atoms with Crippen molar-refractivity contribution in [3.8, 4) is 22.4 Å². The third kappa shape index (κ3) is 3.76. The van der Waals surface area contributed by atoms with E-state index in [9.17, 15) is 0 Å². The Balaban J connectivity index is 1.85. The average molecular weight is 370 g/mol. The number of rotatable bonds is 5. The van der Waals surface area contributed by atoms with Gasteiger partial charge in [-0.15, -0.1) is 0 Å². The summed E-state index contributed by atoms with van der Waals surface area (Å²) >= 11 is 0. The fourth-order valence-corrected chi connectivity index (χ4v) is 5.12. The lowest BCUT2D eigenvalue weighted by molar-refractivity contribution is 0.438. The molecule has 1 aliphatic carbocycles. The number of aromatic nitrogens is 1. The molecule has 0 radical (unpaired) electrons. The van der Waals surface area contributed by atoms with Gasteiger partial charge in [-0.1, -0.05) is 81.3 Å². The molecule has 0 saturated heterocycles. The molecule has 3 atom stereocenters. The summed E-state index contributed by atoms with van der Waals surface area (Å²) in [5, 5.41) is 0. The highest BCUT2D eigenvalue weighted by atomic mass is 14.7. The van der Waals surface area contributed by atoms with Gasteiger partial charge < -0.3 is 0 Å². The highest BCUT2D eigenvalue weighted by Crippen LogP contribution is 2.48. The SMILES string of the molecule is CCCC1CC(C)CC1c1cc(-c2ccccc2C)ncc1-c1ccccc1. The first-order valence-corrected chi connectivity index (χ1v) is 10.8. The minimum absolute atomic E-state index is 0.635. The van der Waals surface area contributed by atoms with Gasteiger partial charge in [0.05, 0.1) is 5.69 Å². The molecule has 1 aromatic heterocycles. The van der Waals surface area contributed by atoms with Gasteiger partial charge in [-0.3, -0.25) is 4.98 Å². The van der Waals surface area contributed by atoms with Crippen LogP contribution in [0.4, 0.5) is 0 Å². The van der Waals surface area contributed by atoms with Crippen molar-refractivity contribution in [1.29, 1.82) is 0 Å². The van der Waals surface area contributed by atoms with Crippen LogP contribution in [0.25, 0.3) is 22.4 Å². The van der Waals surface area contributed by atoms with E-state index < -0.39 is 0 Å². The van der Waals surface area contributed by atoms with Gasteiger partial charge in [-0.05, 0) is 60.3 Å². The molecule has 1 heteroatoms. The molecule has 2 aromatic carbocycles. The Hall–Kier alpha value is -2.41. The molecule has 0 amide bonds. The largest absolute Gasteiger partial charge is 0.256 e. The zero-order chi connectivity index (χ0) is 19.5. The predicted molar refractivity (Wildman–Crippen MR) is 119 cm³/mol. The monoisotopic (exact) mass is 369 g/mol. The average Bonchev–Trinajstić information content (AvgIpc) is 3.09. The molecule has 28 heavy (non-hydrogen) atoms.